The molecule has 0 aliphatic rings. The molecule has 17 heavy (non-hydrogen) atoms. The number of hydrazine groups is 1. The zero-order valence-electron chi connectivity index (χ0n) is 10.0. The van der Waals surface area contributed by atoms with E-state index < -0.39 is 17.7 Å². The molecule has 96 valence electrons. The molecule has 0 heterocycles. The van der Waals surface area contributed by atoms with Crippen molar-refractivity contribution in [1.29, 1.82) is 0 Å². The summed E-state index contributed by atoms with van der Waals surface area (Å²) in [5, 5.41) is 0. The monoisotopic (exact) mass is 244 g/mol. The molecule has 0 bridgehead atoms. The van der Waals surface area contributed by atoms with Crippen LogP contribution in [0.25, 0.3) is 0 Å². The Morgan fingerprint density at radius 2 is 2.12 bits per heavy atom. The summed E-state index contributed by atoms with van der Waals surface area (Å²) in [6.45, 7) is 2.51. The summed E-state index contributed by atoms with van der Waals surface area (Å²) in [6, 6.07) is 3.67. The van der Waals surface area contributed by atoms with Crippen molar-refractivity contribution < 1.29 is 13.5 Å². The van der Waals surface area contributed by atoms with Crippen molar-refractivity contribution in [2.75, 3.05) is 13.7 Å². The first-order valence-electron chi connectivity index (χ1n) is 5.49. The Morgan fingerprint density at radius 3 is 2.71 bits per heavy atom. The van der Waals surface area contributed by atoms with Crippen LogP contribution >= 0.6 is 0 Å². The third-order valence-electron chi connectivity index (χ3n) is 2.65. The Labute approximate surface area is 99.9 Å². The molecule has 0 amide bonds. The van der Waals surface area contributed by atoms with Gasteiger partial charge in [0.25, 0.3) is 0 Å². The van der Waals surface area contributed by atoms with Gasteiger partial charge in [-0.1, -0.05) is 19.1 Å². The Kier molecular flexibility index (Phi) is 5.47. The Bertz CT molecular complexity index is 360. The maximum Gasteiger partial charge on any atom is 0.163 e. The zero-order chi connectivity index (χ0) is 12.8. The van der Waals surface area contributed by atoms with Crippen LogP contribution in [-0.4, -0.2) is 13.7 Å². The molecule has 1 rings (SSSR count). The summed E-state index contributed by atoms with van der Waals surface area (Å²) in [5.74, 6) is 3.88. The summed E-state index contributed by atoms with van der Waals surface area (Å²) < 4.78 is 31.7. The van der Waals surface area contributed by atoms with Gasteiger partial charge in [-0.2, -0.15) is 0 Å². The van der Waals surface area contributed by atoms with Gasteiger partial charge in [-0.15, -0.1) is 0 Å². The lowest BCUT2D eigenvalue weighted by molar-refractivity contribution is 0.149. The lowest BCUT2D eigenvalue weighted by Gasteiger charge is -2.20. The average Bonchev–Trinajstić information content (AvgIpc) is 2.30. The van der Waals surface area contributed by atoms with Crippen LogP contribution in [0.3, 0.4) is 0 Å². The second-order valence-electron chi connectivity index (χ2n) is 4.16. The first-order valence-corrected chi connectivity index (χ1v) is 5.49. The number of nitrogens with two attached hydrogens (primary N) is 1. The van der Waals surface area contributed by atoms with Gasteiger partial charge in [-0.3, -0.25) is 11.3 Å². The molecule has 0 spiro atoms. The predicted octanol–water partition coefficient (Wildman–Crippen LogP) is 2.14. The van der Waals surface area contributed by atoms with E-state index in [1.54, 1.807) is 7.11 Å². The van der Waals surface area contributed by atoms with Gasteiger partial charge >= 0.3 is 0 Å². The quantitative estimate of drug-likeness (QED) is 0.595. The van der Waals surface area contributed by atoms with Gasteiger partial charge in [0.15, 0.2) is 11.6 Å². The Hall–Kier alpha value is -1.04. The van der Waals surface area contributed by atoms with Crippen LogP contribution in [-0.2, 0) is 4.74 Å². The van der Waals surface area contributed by atoms with Gasteiger partial charge in [0.1, 0.15) is 0 Å². The Balaban J connectivity index is 2.82. The summed E-state index contributed by atoms with van der Waals surface area (Å²) >= 11 is 0. The van der Waals surface area contributed by atoms with Crippen LogP contribution in [0.15, 0.2) is 18.2 Å². The summed E-state index contributed by atoms with van der Waals surface area (Å²) in [7, 11) is 1.60. The van der Waals surface area contributed by atoms with Gasteiger partial charge < -0.3 is 4.74 Å². The molecule has 0 aliphatic heterocycles. The van der Waals surface area contributed by atoms with Crippen LogP contribution in [0.4, 0.5) is 8.78 Å². The van der Waals surface area contributed by atoms with E-state index in [9.17, 15) is 8.78 Å². The summed E-state index contributed by atoms with van der Waals surface area (Å²) in [5.41, 5.74) is 2.76. The van der Waals surface area contributed by atoms with Crippen molar-refractivity contribution in [2.45, 2.75) is 19.4 Å². The van der Waals surface area contributed by atoms with Crippen LogP contribution < -0.4 is 11.3 Å². The number of nitrogens with one attached hydrogen (secondary N) is 1. The van der Waals surface area contributed by atoms with E-state index in [0.29, 0.717) is 13.0 Å². The van der Waals surface area contributed by atoms with Gasteiger partial charge in [0.2, 0.25) is 0 Å². The second kappa shape index (κ2) is 6.64. The third kappa shape index (κ3) is 3.73. The molecule has 1 aromatic rings. The molecular formula is C12H18F2N2O. The number of rotatable bonds is 6. The Morgan fingerprint density at radius 1 is 1.41 bits per heavy atom. The molecule has 2 unspecified atom stereocenters. The van der Waals surface area contributed by atoms with Gasteiger partial charge in [0, 0.05) is 25.3 Å². The number of hydrogen-bond donors (Lipinski definition) is 2. The van der Waals surface area contributed by atoms with E-state index in [-0.39, 0.29) is 11.5 Å². The maximum absolute atomic E-state index is 13.6. The SMILES string of the molecule is COCC(C)CC(NN)c1cccc(F)c1F. The lowest BCUT2D eigenvalue weighted by Crippen LogP contribution is -2.30. The number of halogens is 2. The highest BCUT2D eigenvalue weighted by molar-refractivity contribution is 5.22. The van der Waals surface area contributed by atoms with Crippen molar-refractivity contribution in [3.05, 3.63) is 35.4 Å². The first kappa shape index (κ1) is 14.0. The van der Waals surface area contributed by atoms with Crippen molar-refractivity contribution in [3.8, 4) is 0 Å². The fourth-order valence-corrected chi connectivity index (χ4v) is 1.83. The van der Waals surface area contributed by atoms with Crippen molar-refractivity contribution in [3.63, 3.8) is 0 Å². The molecule has 0 radical (unpaired) electrons. The molecule has 0 saturated carbocycles. The minimum absolute atomic E-state index is 0.198. The van der Waals surface area contributed by atoms with Crippen molar-refractivity contribution in [1.82, 2.24) is 5.43 Å². The van der Waals surface area contributed by atoms with Crippen LogP contribution in [0.5, 0.6) is 0 Å². The fraction of sp³-hybridized carbons (Fsp3) is 0.500. The number of hydrogen-bond acceptors (Lipinski definition) is 3. The van der Waals surface area contributed by atoms with Gasteiger partial charge in [-0.05, 0) is 18.4 Å². The number of ether oxygens (including phenoxy) is 1. The maximum atomic E-state index is 13.6. The average molecular weight is 244 g/mol. The molecule has 1 aromatic carbocycles. The highest BCUT2D eigenvalue weighted by Gasteiger charge is 2.19. The standard InChI is InChI=1S/C12H18F2N2O/c1-8(7-17-2)6-11(16-15)9-4-3-5-10(13)12(9)14/h3-5,8,11,16H,6-7,15H2,1-2H3. The highest BCUT2D eigenvalue weighted by Crippen LogP contribution is 2.24. The van der Waals surface area contributed by atoms with E-state index in [0.717, 1.165) is 6.07 Å². The third-order valence-corrected chi connectivity index (χ3v) is 2.65. The van der Waals surface area contributed by atoms with Crippen molar-refractivity contribution in [2.24, 2.45) is 11.8 Å². The highest BCUT2D eigenvalue weighted by atomic mass is 19.2. The smallest absolute Gasteiger partial charge is 0.163 e. The summed E-state index contributed by atoms with van der Waals surface area (Å²) in [6.07, 6.45) is 0.574. The molecule has 5 heteroatoms. The minimum atomic E-state index is -0.859. The zero-order valence-corrected chi connectivity index (χ0v) is 10.0. The number of benzene rings is 1. The number of methoxy groups -OCH3 is 1. The molecule has 2 atom stereocenters. The van der Waals surface area contributed by atoms with E-state index in [1.807, 2.05) is 6.92 Å². The van der Waals surface area contributed by atoms with Crippen LogP contribution in [0.2, 0.25) is 0 Å². The van der Waals surface area contributed by atoms with E-state index >= 15 is 0 Å². The van der Waals surface area contributed by atoms with E-state index in [4.69, 9.17) is 10.6 Å². The van der Waals surface area contributed by atoms with Crippen LogP contribution in [0, 0.1) is 17.6 Å². The van der Waals surface area contributed by atoms with Crippen molar-refractivity contribution >= 4 is 0 Å². The largest absolute Gasteiger partial charge is 0.384 e. The molecule has 0 aliphatic carbocycles. The van der Waals surface area contributed by atoms with Gasteiger partial charge in [0.05, 0.1) is 0 Å². The molecular weight excluding hydrogens is 226 g/mol. The second-order valence-corrected chi connectivity index (χ2v) is 4.16. The van der Waals surface area contributed by atoms with E-state index in [1.165, 1.54) is 12.1 Å². The predicted molar refractivity (Wildman–Crippen MR) is 62.1 cm³/mol. The fourth-order valence-electron chi connectivity index (χ4n) is 1.83. The summed E-state index contributed by atoms with van der Waals surface area (Å²) in [4.78, 5) is 0. The lowest BCUT2D eigenvalue weighted by atomic mass is 9.96. The first-order chi connectivity index (χ1) is 8.10. The molecule has 0 saturated heterocycles. The van der Waals surface area contributed by atoms with Gasteiger partial charge in [-0.25, -0.2) is 8.78 Å². The molecule has 0 fully saturated rings. The topological polar surface area (TPSA) is 47.3 Å². The minimum Gasteiger partial charge on any atom is -0.384 e. The molecule has 0 aromatic heterocycles. The van der Waals surface area contributed by atoms with Crippen LogP contribution in [0.1, 0.15) is 24.9 Å². The normalized spacial score (nSPS) is 14.6. The van der Waals surface area contributed by atoms with E-state index in [2.05, 4.69) is 5.43 Å². The molecule has 3 N–H and O–H groups in total. The molecule has 3 nitrogen and oxygen atoms in total.